The van der Waals surface area contributed by atoms with Crippen molar-refractivity contribution in [2.24, 2.45) is 5.73 Å². The number of benzene rings is 1. The molecule has 1 aliphatic carbocycles. The molecule has 0 aliphatic heterocycles. The zero-order valence-corrected chi connectivity index (χ0v) is 12.4. The summed E-state index contributed by atoms with van der Waals surface area (Å²) in [6, 6.07) is 4.77. The zero-order chi connectivity index (χ0) is 15.2. The van der Waals surface area contributed by atoms with E-state index in [0.29, 0.717) is 5.56 Å². The SMILES string of the molecule is CC(Oc1ccc(CN)cc1F)C(=O)NC1CCCCC1. The third-order valence-corrected chi connectivity index (χ3v) is 3.86. The smallest absolute Gasteiger partial charge is 0.260 e. The molecule has 0 heterocycles. The van der Waals surface area contributed by atoms with Crippen molar-refractivity contribution >= 4 is 5.91 Å². The van der Waals surface area contributed by atoms with E-state index in [4.69, 9.17) is 10.5 Å². The number of amides is 1. The van der Waals surface area contributed by atoms with Gasteiger partial charge in [-0.25, -0.2) is 4.39 Å². The molecular formula is C16H23FN2O2. The van der Waals surface area contributed by atoms with Crippen molar-refractivity contribution in [3.8, 4) is 5.75 Å². The second-order valence-electron chi connectivity index (χ2n) is 5.57. The largest absolute Gasteiger partial charge is 0.478 e. The summed E-state index contributed by atoms with van der Waals surface area (Å²) in [6.07, 6.45) is 4.84. The first-order valence-corrected chi connectivity index (χ1v) is 7.55. The summed E-state index contributed by atoms with van der Waals surface area (Å²) in [6.45, 7) is 1.91. The Hall–Kier alpha value is -1.62. The second-order valence-corrected chi connectivity index (χ2v) is 5.57. The average molecular weight is 294 g/mol. The molecule has 0 saturated heterocycles. The fourth-order valence-electron chi connectivity index (χ4n) is 2.58. The molecule has 1 aromatic rings. The van der Waals surface area contributed by atoms with Crippen LogP contribution in [0.15, 0.2) is 18.2 Å². The van der Waals surface area contributed by atoms with Gasteiger partial charge in [0.15, 0.2) is 17.7 Å². The summed E-state index contributed by atoms with van der Waals surface area (Å²) < 4.78 is 19.2. The molecular weight excluding hydrogens is 271 g/mol. The van der Waals surface area contributed by atoms with Crippen LogP contribution in [0.5, 0.6) is 5.75 Å². The quantitative estimate of drug-likeness (QED) is 0.877. The minimum atomic E-state index is -0.717. The van der Waals surface area contributed by atoms with Crippen LogP contribution in [0.1, 0.15) is 44.6 Å². The normalized spacial score (nSPS) is 17.3. The first-order valence-electron chi connectivity index (χ1n) is 7.55. The number of ether oxygens (including phenoxy) is 1. The summed E-state index contributed by atoms with van der Waals surface area (Å²) >= 11 is 0. The fraction of sp³-hybridized carbons (Fsp3) is 0.562. The predicted molar refractivity (Wildman–Crippen MR) is 79.4 cm³/mol. The number of nitrogens with one attached hydrogen (secondary N) is 1. The lowest BCUT2D eigenvalue weighted by Crippen LogP contribution is -2.43. The Labute approximate surface area is 124 Å². The van der Waals surface area contributed by atoms with Crippen molar-refractivity contribution in [2.75, 3.05) is 0 Å². The standard InChI is InChI=1S/C16H23FN2O2/c1-11(16(20)19-13-5-3-2-4-6-13)21-15-8-7-12(10-18)9-14(15)17/h7-9,11,13H,2-6,10,18H2,1H3,(H,19,20). The van der Waals surface area contributed by atoms with E-state index in [1.165, 1.54) is 18.6 Å². The zero-order valence-electron chi connectivity index (χ0n) is 12.4. The van der Waals surface area contributed by atoms with Crippen molar-refractivity contribution in [2.45, 2.75) is 57.7 Å². The van der Waals surface area contributed by atoms with E-state index in [2.05, 4.69) is 5.32 Å². The molecule has 2 rings (SSSR count). The van der Waals surface area contributed by atoms with Gasteiger partial charge >= 0.3 is 0 Å². The molecule has 1 saturated carbocycles. The van der Waals surface area contributed by atoms with E-state index in [0.717, 1.165) is 25.7 Å². The van der Waals surface area contributed by atoms with Gasteiger partial charge in [0, 0.05) is 12.6 Å². The highest BCUT2D eigenvalue weighted by Crippen LogP contribution is 2.20. The van der Waals surface area contributed by atoms with Gasteiger partial charge < -0.3 is 15.8 Å². The highest BCUT2D eigenvalue weighted by molar-refractivity contribution is 5.81. The Morgan fingerprint density at radius 1 is 1.43 bits per heavy atom. The number of nitrogens with two attached hydrogens (primary N) is 1. The van der Waals surface area contributed by atoms with Crippen molar-refractivity contribution in [3.63, 3.8) is 0 Å². The van der Waals surface area contributed by atoms with E-state index < -0.39 is 11.9 Å². The minimum Gasteiger partial charge on any atom is -0.478 e. The van der Waals surface area contributed by atoms with Crippen molar-refractivity contribution < 1.29 is 13.9 Å². The average Bonchev–Trinajstić information content (AvgIpc) is 2.50. The summed E-state index contributed by atoms with van der Waals surface area (Å²) in [7, 11) is 0. The van der Waals surface area contributed by atoms with Crippen LogP contribution in [0.4, 0.5) is 4.39 Å². The molecule has 1 atom stereocenters. The van der Waals surface area contributed by atoms with Crippen LogP contribution >= 0.6 is 0 Å². The molecule has 1 unspecified atom stereocenters. The third-order valence-electron chi connectivity index (χ3n) is 3.86. The maximum atomic E-state index is 13.8. The van der Waals surface area contributed by atoms with Gasteiger partial charge in [-0.1, -0.05) is 25.3 Å². The van der Waals surface area contributed by atoms with Crippen molar-refractivity contribution in [3.05, 3.63) is 29.6 Å². The molecule has 1 amide bonds. The number of carbonyl (C=O) groups excluding carboxylic acids is 1. The number of hydrogen-bond acceptors (Lipinski definition) is 3. The lowest BCUT2D eigenvalue weighted by molar-refractivity contribution is -0.128. The van der Waals surface area contributed by atoms with Gasteiger partial charge in [-0.2, -0.15) is 0 Å². The Kier molecular flexibility index (Phi) is 5.56. The molecule has 1 aliphatic rings. The van der Waals surface area contributed by atoms with Crippen LogP contribution in [-0.4, -0.2) is 18.1 Å². The Bertz CT molecular complexity index is 487. The molecule has 0 aromatic heterocycles. The van der Waals surface area contributed by atoms with Crippen molar-refractivity contribution in [1.82, 2.24) is 5.32 Å². The van der Waals surface area contributed by atoms with Crippen LogP contribution in [0, 0.1) is 5.82 Å². The second kappa shape index (κ2) is 7.41. The van der Waals surface area contributed by atoms with Gasteiger partial charge in [0.25, 0.3) is 5.91 Å². The molecule has 1 aromatic carbocycles. The lowest BCUT2D eigenvalue weighted by Gasteiger charge is -2.24. The molecule has 0 spiro atoms. The fourth-order valence-corrected chi connectivity index (χ4v) is 2.58. The van der Waals surface area contributed by atoms with Gasteiger partial charge in [0.1, 0.15) is 0 Å². The topological polar surface area (TPSA) is 64.3 Å². The highest BCUT2D eigenvalue weighted by atomic mass is 19.1. The van der Waals surface area contributed by atoms with Gasteiger partial charge in [0.05, 0.1) is 0 Å². The summed E-state index contributed by atoms with van der Waals surface area (Å²) in [4.78, 5) is 12.1. The summed E-state index contributed by atoms with van der Waals surface area (Å²) in [5, 5.41) is 2.97. The van der Waals surface area contributed by atoms with E-state index in [-0.39, 0.29) is 24.2 Å². The van der Waals surface area contributed by atoms with Crippen LogP contribution in [0.2, 0.25) is 0 Å². The van der Waals surface area contributed by atoms with E-state index >= 15 is 0 Å². The molecule has 116 valence electrons. The van der Waals surface area contributed by atoms with Gasteiger partial charge in [-0.05, 0) is 37.5 Å². The van der Waals surface area contributed by atoms with Crippen LogP contribution < -0.4 is 15.8 Å². The first kappa shape index (κ1) is 15.8. The van der Waals surface area contributed by atoms with Crippen LogP contribution in [0.3, 0.4) is 0 Å². The predicted octanol–water partition coefficient (Wildman–Crippen LogP) is 2.50. The molecule has 4 nitrogen and oxygen atoms in total. The van der Waals surface area contributed by atoms with Crippen LogP contribution in [0.25, 0.3) is 0 Å². The Balaban J connectivity index is 1.90. The molecule has 0 bridgehead atoms. The molecule has 21 heavy (non-hydrogen) atoms. The minimum absolute atomic E-state index is 0.0819. The molecule has 5 heteroatoms. The first-order chi connectivity index (χ1) is 10.1. The van der Waals surface area contributed by atoms with E-state index in [1.54, 1.807) is 13.0 Å². The maximum absolute atomic E-state index is 13.8. The van der Waals surface area contributed by atoms with E-state index in [9.17, 15) is 9.18 Å². The van der Waals surface area contributed by atoms with Gasteiger partial charge in [-0.15, -0.1) is 0 Å². The van der Waals surface area contributed by atoms with E-state index in [1.807, 2.05) is 0 Å². The molecule has 0 radical (unpaired) electrons. The number of halogens is 1. The van der Waals surface area contributed by atoms with Gasteiger partial charge in [0.2, 0.25) is 0 Å². The molecule has 1 fully saturated rings. The monoisotopic (exact) mass is 294 g/mol. The number of carbonyl (C=O) groups is 1. The summed E-state index contributed by atoms with van der Waals surface area (Å²) in [5.41, 5.74) is 6.14. The maximum Gasteiger partial charge on any atom is 0.260 e. The van der Waals surface area contributed by atoms with Gasteiger partial charge in [-0.3, -0.25) is 4.79 Å². The van der Waals surface area contributed by atoms with Crippen LogP contribution in [-0.2, 0) is 11.3 Å². The summed E-state index contributed by atoms with van der Waals surface area (Å²) in [5.74, 6) is -0.599. The lowest BCUT2D eigenvalue weighted by atomic mass is 9.95. The highest BCUT2D eigenvalue weighted by Gasteiger charge is 2.21. The number of hydrogen-bond donors (Lipinski definition) is 2. The third kappa shape index (κ3) is 4.43. The number of rotatable bonds is 5. The Morgan fingerprint density at radius 2 is 2.14 bits per heavy atom. The molecule has 3 N–H and O–H groups in total. The Morgan fingerprint density at radius 3 is 2.76 bits per heavy atom. The van der Waals surface area contributed by atoms with Crippen molar-refractivity contribution in [1.29, 1.82) is 0 Å².